The highest BCUT2D eigenvalue weighted by Gasteiger charge is 2.22. The molecule has 0 unspecified atom stereocenters. The minimum Gasteiger partial charge on any atom is -0.457 e. The third-order valence-corrected chi connectivity index (χ3v) is 3.10. The van der Waals surface area contributed by atoms with Gasteiger partial charge in [0.25, 0.3) is 0 Å². The standard InChI is InChI=1S/C15H13NO2/c17-15-13-8-4-5-11(14(13)10-18-15)9-16-12-6-2-1-3-7-12/h1-8,16H,9-10H2. The summed E-state index contributed by atoms with van der Waals surface area (Å²) in [7, 11) is 0. The molecule has 18 heavy (non-hydrogen) atoms. The second-order valence-electron chi connectivity index (χ2n) is 4.24. The molecule has 0 amide bonds. The smallest absolute Gasteiger partial charge is 0.338 e. The lowest BCUT2D eigenvalue weighted by Gasteiger charge is -2.09. The van der Waals surface area contributed by atoms with Gasteiger partial charge in [0.1, 0.15) is 6.61 Å². The number of esters is 1. The molecule has 3 rings (SSSR count). The van der Waals surface area contributed by atoms with E-state index in [0.29, 0.717) is 18.7 Å². The molecule has 0 fully saturated rings. The molecule has 0 atom stereocenters. The number of benzene rings is 2. The van der Waals surface area contributed by atoms with Crippen LogP contribution in [0.4, 0.5) is 5.69 Å². The van der Waals surface area contributed by atoms with E-state index in [-0.39, 0.29) is 5.97 Å². The Kier molecular flexibility index (Phi) is 2.73. The molecule has 0 saturated heterocycles. The molecular weight excluding hydrogens is 226 g/mol. The van der Waals surface area contributed by atoms with Crippen molar-refractivity contribution in [1.29, 1.82) is 0 Å². The van der Waals surface area contributed by atoms with Gasteiger partial charge in [0, 0.05) is 17.8 Å². The number of rotatable bonds is 3. The lowest BCUT2D eigenvalue weighted by molar-refractivity contribution is 0.0535. The Morgan fingerprint density at radius 3 is 2.72 bits per heavy atom. The van der Waals surface area contributed by atoms with Crippen LogP contribution in [0.1, 0.15) is 21.5 Å². The molecule has 2 aromatic carbocycles. The van der Waals surface area contributed by atoms with Gasteiger partial charge in [-0.2, -0.15) is 0 Å². The summed E-state index contributed by atoms with van der Waals surface area (Å²) >= 11 is 0. The number of hydrogen-bond donors (Lipinski definition) is 1. The quantitative estimate of drug-likeness (QED) is 0.837. The van der Waals surface area contributed by atoms with Crippen molar-refractivity contribution in [3.05, 3.63) is 65.2 Å². The van der Waals surface area contributed by atoms with Crippen molar-refractivity contribution < 1.29 is 9.53 Å². The molecule has 3 nitrogen and oxygen atoms in total. The van der Waals surface area contributed by atoms with Crippen LogP contribution >= 0.6 is 0 Å². The van der Waals surface area contributed by atoms with Crippen LogP contribution in [0, 0.1) is 0 Å². The van der Waals surface area contributed by atoms with E-state index in [2.05, 4.69) is 5.32 Å². The Bertz CT molecular complexity index is 578. The number of anilines is 1. The third-order valence-electron chi connectivity index (χ3n) is 3.10. The first-order valence-corrected chi connectivity index (χ1v) is 5.91. The summed E-state index contributed by atoms with van der Waals surface area (Å²) in [5, 5.41) is 3.34. The molecule has 1 aliphatic rings. The summed E-state index contributed by atoms with van der Waals surface area (Å²) in [6.07, 6.45) is 0. The van der Waals surface area contributed by atoms with Crippen LogP contribution < -0.4 is 5.32 Å². The van der Waals surface area contributed by atoms with Crippen LogP contribution in [-0.4, -0.2) is 5.97 Å². The first-order valence-electron chi connectivity index (χ1n) is 5.91. The fourth-order valence-electron chi connectivity index (χ4n) is 2.13. The highest BCUT2D eigenvalue weighted by Crippen LogP contribution is 2.24. The number of nitrogens with one attached hydrogen (secondary N) is 1. The van der Waals surface area contributed by atoms with Crippen molar-refractivity contribution in [2.45, 2.75) is 13.2 Å². The van der Waals surface area contributed by atoms with Gasteiger partial charge in [-0.1, -0.05) is 30.3 Å². The van der Waals surface area contributed by atoms with Crippen molar-refractivity contribution in [2.24, 2.45) is 0 Å². The molecule has 90 valence electrons. The Hall–Kier alpha value is -2.29. The lowest BCUT2D eigenvalue weighted by atomic mass is 10.0. The predicted molar refractivity (Wildman–Crippen MR) is 69.3 cm³/mol. The average molecular weight is 239 g/mol. The Labute approximate surface area is 105 Å². The van der Waals surface area contributed by atoms with Crippen LogP contribution in [0.3, 0.4) is 0 Å². The number of fused-ring (bicyclic) bond motifs is 1. The minimum absolute atomic E-state index is 0.216. The molecule has 3 heteroatoms. The summed E-state index contributed by atoms with van der Waals surface area (Å²) in [6.45, 7) is 1.09. The number of carbonyl (C=O) groups is 1. The molecule has 0 radical (unpaired) electrons. The molecule has 0 aromatic heterocycles. The molecule has 0 bridgehead atoms. The van der Waals surface area contributed by atoms with Gasteiger partial charge < -0.3 is 10.1 Å². The van der Waals surface area contributed by atoms with Gasteiger partial charge in [-0.15, -0.1) is 0 Å². The normalized spacial score (nSPS) is 13.0. The second-order valence-corrected chi connectivity index (χ2v) is 4.24. The SMILES string of the molecule is O=C1OCc2c(CNc3ccccc3)cccc21. The number of hydrogen-bond acceptors (Lipinski definition) is 3. The van der Waals surface area contributed by atoms with E-state index in [1.165, 1.54) is 0 Å². The summed E-state index contributed by atoms with van der Waals surface area (Å²) in [5.41, 5.74) is 3.89. The zero-order valence-electron chi connectivity index (χ0n) is 9.85. The largest absolute Gasteiger partial charge is 0.457 e. The zero-order chi connectivity index (χ0) is 12.4. The van der Waals surface area contributed by atoms with Gasteiger partial charge in [0.15, 0.2) is 0 Å². The van der Waals surface area contributed by atoms with Gasteiger partial charge >= 0.3 is 5.97 Å². The van der Waals surface area contributed by atoms with E-state index in [1.807, 2.05) is 48.5 Å². The summed E-state index contributed by atoms with van der Waals surface area (Å²) in [5.74, 6) is -0.216. The highest BCUT2D eigenvalue weighted by molar-refractivity contribution is 5.93. The fraction of sp³-hybridized carbons (Fsp3) is 0.133. The van der Waals surface area contributed by atoms with Gasteiger partial charge in [-0.25, -0.2) is 4.79 Å². The van der Waals surface area contributed by atoms with Gasteiger partial charge in [-0.05, 0) is 23.8 Å². The number of para-hydroxylation sites is 1. The lowest BCUT2D eigenvalue weighted by Crippen LogP contribution is -2.03. The highest BCUT2D eigenvalue weighted by atomic mass is 16.5. The van der Waals surface area contributed by atoms with E-state index in [1.54, 1.807) is 0 Å². The Morgan fingerprint density at radius 2 is 1.89 bits per heavy atom. The molecule has 2 aromatic rings. The minimum atomic E-state index is -0.216. The van der Waals surface area contributed by atoms with Gasteiger partial charge in [0.2, 0.25) is 0 Å². The summed E-state index contributed by atoms with van der Waals surface area (Å²) in [4.78, 5) is 11.4. The fourth-order valence-corrected chi connectivity index (χ4v) is 2.13. The number of ether oxygens (including phenoxy) is 1. The first-order chi connectivity index (χ1) is 8.84. The molecule has 1 heterocycles. The first kappa shape index (κ1) is 10.8. The van der Waals surface area contributed by atoms with Crippen molar-refractivity contribution in [3.8, 4) is 0 Å². The predicted octanol–water partition coefficient (Wildman–Crippen LogP) is 2.97. The molecule has 1 aliphatic heterocycles. The van der Waals surface area contributed by atoms with Crippen molar-refractivity contribution in [1.82, 2.24) is 0 Å². The second kappa shape index (κ2) is 4.53. The topological polar surface area (TPSA) is 38.3 Å². The summed E-state index contributed by atoms with van der Waals surface area (Å²) in [6, 6.07) is 15.7. The van der Waals surface area contributed by atoms with Crippen LogP contribution in [0.5, 0.6) is 0 Å². The van der Waals surface area contributed by atoms with E-state index < -0.39 is 0 Å². The third kappa shape index (κ3) is 1.95. The van der Waals surface area contributed by atoms with E-state index in [9.17, 15) is 4.79 Å². The summed E-state index contributed by atoms with van der Waals surface area (Å²) < 4.78 is 5.05. The van der Waals surface area contributed by atoms with Crippen molar-refractivity contribution in [2.75, 3.05) is 5.32 Å². The number of carbonyl (C=O) groups excluding carboxylic acids is 1. The molecule has 1 N–H and O–H groups in total. The van der Waals surface area contributed by atoms with E-state index in [4.69, 9.17) is 4.74 Å². The van der Waals surface area contributed by atoms with Crippen LogP contribution in [0.25, 0.3) is 0 Å². The van der Waals surface area contributed by atoms with Crippen LogP contribution in [0.15, 0.2) is 48.5 Å². The zero-order valence-corrected chi connectivity index (χ0v) is 9.85. The Balaban J connectivity index is 1.80. The Morgan fingerprint density at radius 1 is 1.06 bits per heavy atom. The molecule has 0 spiro atoms. The maximum Gasteiger partial charge on any atom is 0.338 e. The van der Waals surface area contributed by atoms with Gasteiger partial charge in [-0.3, -0.25) is 0 Å². The molecule has 0 saturated carbocycles. The number of cyclic esters (lactones) is 1. The maximum atomic E-state index is 11.4. The van der Waals surface area contributed by atoms with Gasteiger partial charge in [0.05, 0.1) is 5.56 Å². The van der Waals surface area contributed by atoms with Crippen LogP contribution in [0.2, 0.25) is 0 Å². The van der Waals surface area contributed by atoms with Crippen molar-refractivity contribution >= 4 is 11.7 Å². The molecule has 0 aliphatic carbocycles. The van der Waals surface area contributed by atoms with E-state index >= 15 is 0 Å². The van der Waals surface area contributed by atoms with E-state index in [0.717, 1.165) is 16.8 Å². The maximum absolute atomic E-state index is 11.4. The monoisotopic (exact) mass is 239 g/mol. The van der Waals surface area contributed by atoms with Crippen LogP contribution in [-0.2, 0) is 17.9 Å². The molecular formula is C15H13NO2. The van der Waals surface area contributed by atoms with Crippen molar-refractivity contribution in [3.63, 3.8) is 0 Å². The average Bonchev–Trinajstić information content (AvgIpc) is 2.80.